The van der Waals surface area contributed by atoms with E-state index in [0.29, 0.717) is 23.4 Å². The largest absolute Gasteiger partial charge is 0.352 e. The predicted molar refractivity (Wildman–Crippen MR) is 137 cm³/mol. The zero-order valence-electron chi connectivity index (χ0n) is 18.6. The van der Waals surface area contributed by atoms with Crippen LogP contribution in [0, 0.1) is 0 Å². The van der Waals surface area contributed by atoms with Gasteiger partial charge in [0.25, 0.3) is 5.91 Å². The highest BCUT2D eigenvalue weighted by Crippen LogP contribution is 2.42. The number of carbonyl (C=O) groups is 3. The van der Waals surface area contributed by atoms with Crippen molar-refractivity contribution < 1.29 is 14.4 Å². The molecule has 0 bridgehead atoms. The molecule has 2 amide bonds. The van der Waals surface area contributed by atoms with Crippen LogP contribution >= 0.6 is 11.8 Å². The van der Waals surface area contributed by atoms with Gasteiger partial charge in [0.2, 0.25) is 5.91 Å². The normalized spacial score (nSPS) is 11.7. The molecule has 5 rings (SSSR count). The van der Waals surface area contributed by atoms with Crippen LogP contribution in [0.3, 0.4) is 0 Å². The van der Waals surface area contributed by atoms with Crippen molar-refractivity contribution in [3.63, 3.8) is 0 Å². The van der Waals surface area contributed by atoms with Gasteiger partial charge in [-0.25, -0.2) is 0 Å². The summed E-state index contributed by atoms with van der Waals surface area (Å²) in [4.78, 5) is 38.7. The lowest BCUT2D eigenvalue weighted by atomic mass is 9.83. The summed E-state index contributed by atoms with van der Waals surface area (Å²) >= 11 is 1.43. The van der Waals surface area contributed by atoms with Crippen LogP contribution in [0.4, 0.5) is 5.69 Å². The van der Waals surface area contributed by atoms with E-state index < -0.39 is 0 Å². The van der Waals surface area contributed by atoms with Gasteiger partial charge >= 0.3 is 0 Å². The zero-order valence-corrected chi connectivity index (χ0v) is 19.4. The van der Waals surface area contributed by atoms with Crippen LogP contribution in [0.25, 0.3) is 21.9 Å². The first-order chi connectivity index (χ1) is 16.6. The minimum atomic E-state index is -0.173. The second-order valence-electron chi connectivity index (χ2n) is 7.99. The lowest BCUT2D eigenvalue weighted by molar-refractivity contribution is -0.113. The van der Waals surface area contributed by atoms with Crippen molar-refractivity contribution in [2.45, 2.75) is 11.8 Å². The molecule has 0 unspecified atom stereocenters. The van der Waals surface area contributed by atoms with Crippen LogP contribution in [-0.4, -0.2) is 29.9 Å². The van der Waals surface area contributed by atoms with Crippen LogP contribution < -0.4 is 10.6 Å². The van der Waals surface area contributed by atoms with Gasteiger partial charge in [-0.15, -0.1) is 11.8 Å². The van der Waals surface area contributed by atoms with Gasteiger partial charge in [-0.1, -0.05) is 54.6 Å². The Labute approximate surface area is 201 Å². The summed E-state index contributed by atoms with van der Waals surface area (Å²) in [6.07, 6.45) is 0. The smallest absolute Gasteiger partial charge is 0.251 e. The van der Waals surface area contributed by atoms with Gasteiger partial charge in [0.15, 0.2) is 5.78 Å². The molecule has 4 aromatic carbocycles. The summed E-state index contributed by atoms with van der Waals surface area (Å²) in [5, 5.41) is 7.53. The maximum atomic E-state index is 13.1. The first-order valence-corrected chi connectivity index (χ1v) is 12.1. The molecule has 0 heterocycles. The monoisotopic (exact) mass is 466 g/mol. The molecule has 0 aliphatic heterocycles. The van der Waals surface area contributed by atoms with Crippen molar-refractivity contribution in [3.8, 4) is 11.1 Å². The SMILES string of the molecule is CCNC(=O)c1cccc(NC(=O)CSc2ccc3c4c(cccc24)C(=O)c2ccccc2-3)c1. The molecule has 0 radical (unpaired) electrons. The molecule has 1 aliphatic carbocycles. The van der Waals surface area contributed by atoms with Crippen molar-refractivity contribution in [2.75, 3.05) is 17.6 Å². The Morgan fingerprint density at radius 3 is 2.41 bits per heavy atom. The highest BCUT2D eigenvalue weighted by atomic mass is 32.2. The number of nitrogens with one attached hydrogen (secondary N) is 2. The zero-order chi connectivity index (χ0) is 23.7. The third-order valence-electron chi connectivity index (χ3n) is 5.81. The third-order valence-corrected chi connectivity index (χ3v) is 6.89. The van der Waals surface area contributed by atoms with E-state index in [1.165, 1.54) is 11.8 Å². The second-order valence-corrected chi connectivity index (χ2v) is 9.01. The Hall–Kier alpha value is -3.90. The molecule has 0 saturated carbocycles. The van der Waals surface area contributed by atoms with Gasteiger partial charge in [0.1, 0.15) is 0 Å². The van der Waals surface area contributed by atoms with Crippen LogP contribution in [0.15, 0.2) is 83.8 Å². The maximum Gasteiger partial charge on any atom is 0.251 e. The molecule has 0 fully saturated rings. The average molecular weight is 467 g/mol. The first kappa shape index (κ1) is 21.9. The number of benzene rings is 4. The Bertz CT molecular complexity index is 1460. The van der Waals surface area contributed by atoms with E-state index in [1.807, 2.05) is 61.5 Å². The van der Waals surface area contributed by atoms with E-state index in [2.05, 4.69) is 10.6 Å². The highest BCUT2D eigenvalue weighted by molar-refractivity contribution is 8.00. The van der Waals surface area contributed by atoms with Crippen LogP contribution in [0.1, 0.15) is 33.2 Å². The summed E-state index contributed by atoms with van der Waals surface area (Å²) in [6, 6.07) is 24.4. The number of rotatable bonds is 6. The number of anilines is 1. The molecule has 0 aromatic heterocycles. The number of amides is 2. The number of carbonyl (C=O) groups excluding carboxylic acids is 3. The van der Waals surface area contributed by atoms with Gasteiger partial charge in [0, 0.05) is 39.2 Å². The number of fused-ring (bicyclic) bond motifs is 2. The van der Waals surface area contributed by atoms with E-state index in [4.69, 9.17) is 0 Å². The quantitative estimate of drug-likeness (QED) is 0.323. The van der Waals surface area contributed by atoms with Gasteiger partial charge in [-0.05, 0) is 47.7 Å². The molecule has 34 heavy (non-hydrogen) atoms. The van der Waals surface area contributed by atoms with Crippen molar-refractivity contribution in [3.05, 3.63) is 95.6 Å². The Morgan fingerprint density at radius 1 is 0.824 bits per heavy atom. The fourth-order valence-electron chi connectivity index (χ4n) is 4.32. The van der Waals surface area contributed by atoms with Crippen LogP contribution in [0.5, 0.6) is 0 Å². The minimum Gasteiger partial charge on any atom is -0.352 e. The standard InChI is InChI=1S/C28H22N2O3S/c1-2-29-28(33)17-7-5-8-18(15-17)30-25(31)16-34-24-14-13-20-19-9-3-4-10-21(19)27(32)23-12-6-11-22(24)26(20)23/h3-15H,2,16H2,1H3,(H,29,33)(H,30,31). The van der Waals surface area contributed by atoms with Crippen LogP contribution in [-0.2, 0) is 4.79 Å². The van der Waals surface area contributed by atoms with Crippen molar-refractivity contribution in [2.24, 2.45) is 0 Å². The summed E-state index contributed by atoms with van der Waals surface area (Å²) in [5.74, 6) is -0.109. The van der Waals surface area contributed by atoms with Gasteiger partial charge in [0.05, 0.1) is 5.75 Å². The first-order valence-electron chi connectivity index (χ1n) is 11.1. The third kappa shape index (κ3) is 3.97. The molecule has 5 nitrogen and oxygen atoms in total. The molecule has 2 N–H and O–H groups in total. The van der Waals surface area contributed by atoms with E-state index in [0.717, 1.165) is 32.4 Å². The topological polar surface area (TPSA) is 75.3 Å². The molecule has 168 valence electrons. The van der Waals surface area contributed by atoms with E-state index in [1.54, 1.807) is 24.3 Å². The average Bonchev–Trinajstić information content (AvgIpc) is 2.86. The minimum absolute atomic E-state index is 0.0283. The van der Waals surface area contributed by atoms with Crippen molar-refractivity contribution >= 4 is 45.8 Å². The Balaban J connectivity index is 1.38. The van der Waals surface area contributed by atoms with Crippen molar-refractivity contribution in [1.82, 2.24) is 5.32 Å². The van der Waals surface area contributed by atoms with Crippen molar-refractivity contribution in [1.29, 1.82) is 0 Å². The molecular weight excluding hydrogens is 444 g/mol. The Kier molecular flexibility index (Phi) is 5.90. The molecule has 0 atom stereocenters. The fraction of sp³-hybridized carbons (Fsp3) is 0.107. The number of ketones is 1. The highest BCUT2D eigenvalue weighted by Gasteiger charge is 2.25. The fourth-order valence-corrected chi connectivity index (χ4v) is 5.17. The molecular formula is C28H22N2O3S. The number of hydrogen-bond acceptors (Lipinski definition) is 4. The number of thioether (sulfide) groups is 1. The molecule has 1 aliphatic rings. The Morgan fingerprint density at radius 2 is 1.59 bits per heavy atom. The molecule has 4 aromatic rings. The summed E-state index contributed by atoms with van der Waals surface area (Å²) in [7, 11) is 0. The molecule has 6 heteroatoms. The molecule has 0 saturated heterocycles. The van der Waals surface area contributed by atoms with E-state index >= 15 is 0 Å². The van der Waals surface area contributed by atoms with Crippen LogP contribution in [0.2, 0.25) is 0 Å². The lowest BCUT2D eigenvalue weighted by Crippen LogP contribution is -2.23. The van der Waals surface area contributed by atoms with Gasteiger partial charge in [-0.3, -0.25) is 14.4 Å². The van der Waals surface area contributed by atoms with E-state index in [-0.39, 0.29) is 23.4 Å². The van der Waals surface area contributed by atoms with Gasteiger partial charge < -0.3 is 10.6 Å². The predicted octanol–water partition coefficient (Wildman–Crippen LogP) is 5.53. The van der Waals surface area contributed by atoms with E-state index in [9.17, 15) is 14.4 Å². The molecule has 0 spiro atoms. The summed E-state index contributed by atoms with van der Waals surface area (Å²) in [6.45, 7) is 2.40. The summed E-state index contributed by atoms with van der Waals surface area (Å²) < 4.78 is 0. The van der Waals surface area contributed by atoms with Gasteiger partial charge in [-0.2, -0.15) is 0 Å². The lowest BCUT2D eigenvalue weighted by Gasteiger charge is -2.21. The number of hydrogen-bond donors (Lipinski definition) is 2. The second kappa shape index (κ2) is 9.15. The summed E-state index contributed by atoms with van der Waals surface area (Å²) in [5.41, 5.74) is 4.47. The maximum absolute atomic E-state index is 13.1.